The van der Waals surface area contributed by atoms with Crippen LogP contribution in [0.2, 0.25) is 0 Å². The Morgan fingerprint density at radius 2 is 2.29 bits per heavy atom. The van der Waals surface area contributed by atoms with Crippen LogP contribution in [-0.4, -0.2) is 26.4 Å². The van der Waals surface area contributed by atoms with Crippen LogP contribution < -0.4 is 0 Å². The van der Waals surface area contributed by atoms with Gasteiger partial charge >= 0.3 is 0 Å². The number of aromatic nitrogens is 3. The van der Waals surface area contributed by atoms with Crippen LogP contribution in [0.15, 0.2) is 23.1 Å². The lowest BCUT2D eigenvalue weighted by Crippen LogP contribution is -2.00. The molecular weight excluding hydrogens is 218 g/mol. The molecular formula is C12H17N3O2. The predicted octanol–water partition coefficient (Wildman–Crippen LogP) is 2.04. The lowest BCUT2D eigenvalue weighted by Gasteiger charge is -2.08. The second kappa shape index (κ2) is 5.14. The van der Waals surface area contributed by atoms with Crippen molar-refractivity contribution < 1.29 is 9.63 Å². The molecule has 0 fully saturated rings. The maximum Gasteiger partial charge on any atom is 0.137 e. The molecule has 2 aromatic rings. The first kappa shape index (κ1) is 11.9. The maximum absolute atomic E-state index is 8.76. The first-order chi connectivity index (χ1) is 8.22. The second-order valence-corrected chi connectivity index (χ2v) is 4.29. The summed E-state index contributed by atoms with van der Waals surface area (Å²) in [4.78, 5) is 4.13. The van der Waals surface area contributed by atoms with E-state index < -0.39 is 0 Å². The minimum atomic E-state index is 0.167. The number of hydrogen-bond acceptors (Lipinski definition) is 4. The van der Waals surface area contributed by atoms with Crippen molar-refractivity contribution in [1.29, 1.82) is 0 Å². The highest BCUT2D eigenvalue weighted by Gasteiger charge is 2.12. The zero-order valence-electron chi connectivity index (χ0n) is 10.1. The minimum Gasteiger partial charge on any atom is -0.396 e. The van der Waals surface area contributed by atoms with Crippen molar-refractivity contribution in [2.24, 2.45) is 0 Å². The van der Waals surface area contributed by atoms with E-state index in [1.165, 1.54) is 0 Å². The van der Waals surface area contributed by atoms with E-state index in [0.717, 1.165) is 17.1 Å². The summed E-state index contributed by atoms with van der Waals surface area (Å²) in [5.74, 6) is 0.797. The first-order valence-electron chi connectivity index (χ1n) is 5.81. The number of rotatable bonds is 5. The highest BCUT2D eigenvalue weighted by atomic mass is 16.5. The summed E-state index contributed by atoms with van der Waals surface area (Å²) in [6.45, 7) is 4.36. The van der Waals surface area contributed by atoms with Gasteiger partial charge in [0, 0.05) is 25.1 Å². The van der Waals surface area contributed by atoms with E-state index in [2.05, 4.69) is 24.0 Å². The van der Waals surface area contributed by atoms with Crippen LogP contribution in [0.5, 0.6) is 0 Å². The first-order valence-corrected chi connectivity index (χ1v) is 5.81. The molecule has 0 saturated heterocycles. The van der Waals surface area contributed by atoms with Crippen LogP contribution >= 0.6 is 0 Å². The Hall–Kier alpha value is -1.62. The van der Waals surface area contributed by atoms with Crippen LogP contribution in [0.25, 0.3) is 11.4 Å². The van der Waals surface area contributed by atoms with Gasteiger partial charge in [-0.05, 0) is 20.3 Å². The van der Waals surface area contributed by atoms with Gasteiger partial charge in [-0.1, -0.05) is 5.16 Å². The predicted molar refractivity (Wildman–Crippen MR) is 63.5 cm³/mol. The van der Waals surface area contributed by atoms with Gasteiger partial charge in [0.1, 0.15) is 11.5 Å². The van der Waals surface area contributed by atoms with E-state index in [-0.39, 0.29) is 6.61 Å². The number of aliphatic hydroxyl groups excluding tert-OH is 1. The molecule has 0 unspecified atom stereocenters. The smallest absolute Gasteiger partial charge is 0.137 e. The molecule has 0 amide bonds. The number of aliphatic hydroxyl groups is 1. The van der Waals surface area contributed by atoms with E-state index in [1.807, 2.05) is 10.6 Å². The molecule has 0 aliphatic carbocycles. The van der Waals surface area contributed by atoms with Gasteiger partial charge in [0.2, 0.25) is 0 Å². The summed E-state index contributed by atoms with van der Waals surface area (Å²) < 4.78 is 7.27. The van der Waals surface area contributed by atoms with E-state index in [4.69, 9.17) is 9.63 Å². The average Bonchev–Trinajstić information content (AvgIpc) is 2.94. The van der Waals surface area contributed by atoms with Crippen LogP contribution in [0, 0.1) is 0 Å². The van der Waals surface area contributed by atoms with Gasteiger partial charge in [-0.25, -0.2) is 4.98 Å². The Kier molecular flexibility index (Phi) is 3.58. The van der Waals surface area contributed by atoms with Crippen LogP contribution in [0.4, 0.5) is 0 Å². The van der Waals surface area contributed by atoms with Gasteiger partial charge in [-0.2, -0.15) is 0 Å². The average molecular weight is 235 g/mol. The summed E-state index contributed by atoms with van der Waals surface area (Å²) in [5.41, 5.74) is 1.75. The van der Waals surface area contributed by atoms with Gasteiger partial charge in [-0.3, -0.25) is 0 Å². The molecule has 17 heavy (non-hydrogen) atoms. The normalized spacial score (nSPS) is 11.3. The number of nitrogens with zero attached hydrogens (tertiary/aromatic N) is 3. The molecule has 0 radical (unpaired) electrons. The van der Waals surface area contributed by atoms with Crippen molar-refractivity contribution in [3.8, 4) is 11.4 Å². The molecule has 2 rings (SSSR count). The molecule has 2 heterocycles. The van der Waals surface area contributed by atoms with Crippen molar-refractivity contribution in [1.82, 2.24) is 14.7 Å². The quantitative estimate of drug-likeness (QED) is 0.861. The summed E-state index contributed by atoms with van der Waals surface area (Å²) in [5, 5.41) is 12.8. The monoisotopic (exact) mass is 235 g/mol. The SMILES string of the molecule is CC(C)n1cncc1-c1cc(CCCO)on1. The van der Waals surface area contributed by atoms with Gasteiger partial charge in [0.15, 0.2) is 0 Å². The molecule has 0 bridgehead atoms. The van der Waals surface area contributed by atoms with E-state index in [0.29, 0.717) is 18.9 Å². The third kappa shape index (κ3) is 2.55. The van der Waals surface area contributed by atoms with E-state index in [9.17, 15) is 0 Å². The van der Waals surface area contributed by atoms with Crippen LogP contribution in [0.1, 0.15) is 32.1 Å². The molecule has 1 N–H and O–H groups in total. The van der Waals surface area contributed by atoms with Crippen molar-refractivity contribution in [3.05, 3.63) is 24.4 Å². The Bertz CT molecular complexity index is 474. The standard InChI is InChI=1S/C12H17N3O2/c1-9(2)15-8-13-7-12(15)11-6-10(17-14-11)4-3-5-16/h6-9,16H,3-5H2,1-2H3. The van der Waals surface area contributed by atoms with E-state index >= 15 is 0 Å². The number of aryl methyl sites for hydroxylation is 1. The molecule has 2 aromatic heterocycles. The maximum atomic E-state index is 8.76. The second-order valence-electron chi connectivity index (χ2n) is 4.29. The molecule has 92 valence electrons. The molecule has 0 saturated carbocycles. The van der Waals surface area contributed by atoms with Crippen LogP contribution in [0.3, 0.4) is 0 Å². The van der Waals surface area contributed by atoms with Crippen LogP contribution in [-0.2, 0) is 6.42 Å². The van der Waals surface area contributed by atoms with E-state index in [1.54, 1.807) is 12.5 Å². The van der Waals surface area contributed by atoms with Gasteiger partial charge in [0.05, 0.1) is 18.2 Å². The lowest BCUT2D eigenvalue weighted by atomic mass is 10.2. The lowest BCUT2D eigenvalue weighted by molar-refractivity contribution is 0.280. The Morgan fingerprint density at radius 1 is 1.47 bits per heavy atom. The fourth-order valence-corrected chi connectivity index (χ4v) is 1.72. The molecule has 0 aliphatic heterocycles. The topological polar surface area (TPSA) is 64.1 Å². The molecule has 5 nitrogen and oxygen atoms in total. The highest BCUT2D eigenvalue weighted by Crippen LogP contribution is 2.22. The summed E-state index contributed by atoms with van der Waals surface area (Å²) in [6, 6.07) is 2.25. The van der Waals surface area contributed by atoms with Gasteiger partial charge in [0.25, 0.3) is 0 Å². The molecule has 0 aliphatic rings. The minimum absolute atomic E-state index is 0.167. The van der Waals surface area contributed by atoms with Crippen molar-refractivity contribution in [3.63, 3.8) is 0 Å². The zero-order valence-corrected chi connectivity index (χ0v) is 10.1. The molecule has 0 atom stereocenters. The zero-order chi connectivity index (χ0) is 12.3. The van der Waals surface area contributed by atoms with Crippen molar-refractivity contribution in [2.75, 3.05) is 6.61 Å². The largest absolute Gasteiger partial charge is 0.396 e. The third-order valence-electron chi connectivity index (χ3n) is 2.63. The fourth-order valence-electron chi connectivity index (χ4n) is 1.72. The summed E-state index contributed by atoms with van der Waals surface area (Å²) in [7, 11) is 0. The Morgan fingerprint density at radius 3 is 3.00 bits per heavy atom. The Labute approximate surface area is 100 Å². The molecule has 5 heteroatoms. The number of imidazole rings is 1. The highest BCUT2D eigenvalue weighted by molar-refractivity contribution is 5.53. The molecule has 0 aromatic carbocycles. The Balaban J connectivity index is 2.21. The number of hydrogen-bond donors (Lipinski definition) is 1. The fraction of sp³-hybridized carbons (Fsp3) is 0.500. The third-order valence-corrected chi connectivity index (χ3v) is 2.63. The van der Waals surface area contributed by atoms with Gasteiger partial charge < -0.3 is 14.2 Å². The molecule has 0 spiro atoms. The summed E-state index contributed by atoms with van der Waals surface area (Å²) in [6.07, 6.45) is 4.98. The summed E-state index contributed by atoms with van der Waals surface area (Å²) >= 11 is 0. The van der Waals surface area contributed by atoms with Crippen molar-refractivity contribution in [2.45, 2.75) is 32.7 Å². The van der Waals surface area contributed by atoms with Gasteiger partial charge in [-0.15, -0.1) is 0 Å². The van der Waals surface area contributed by atoms with Crippen molar-refractivity contribution >= 4 is 0 Å².